The predicted octanol–water partition coefficient (Wildman–Crippen LogP) is 2.66. The zero-order valence-corrected chi connectivity index (χ0v) is 13.5. The van der Waals surface area contributed by atoms with Gasteiger partial charge in [-0.3, -0.25) is 4.79 Å². The molecule has 1 aliphatic heterocycles. The van der Waals surface area contributed by atoms with Gasteiger partial charge in [-0.1, -0.05) is 6.92 Å². The Morgan fingerprint density at radius 2 is 2.35 bits per heavy atom. The van der Waals surface area contributed by atoms with Crippen LogP contribution in [0.25, 0.3) is 0 Å². The molecule has 0 bridgehead atoms. The Morgan fingerprint density at radius 1 is 1.48 bits per heavy atom. The Hall–Kier alpha value is -2.04. The second kappa shape index (κ2) is 5.87. The van der Waals surface area contributed by atoms with Gasteiger partial charge in [-0.2, -0.15) is 0 Å². The Morgan fingerprint density at radius 3 is 3.17 bits per heavy atom. The average Bonchev–Trinajstić information content (AvgIpc) is 2.95. The second-order valence-corrected chi connectivity index (χ2v) is 6.92. The number of amides is 1. The van der Waals surface area contributed by atoms with Crippen LogP contribution >= 0.6 is 0 Å². The molecule has 0 saturated heterocycles. The van der Waals surface area contributed by atoms with Crippen molar-refractivity contribution in [2.75, 3.05) is 0 Å². The molecule has 2 aromatic rings. The summed E-state index contributed by atoms with van der Waals surface area (Å²) in [6, 6.07) is 4.30. The topological polar surface area (TPSA) is 60.1 Å². The van der Waals surface area contributed by atoms with E-state index in [2.05, 4.69) is 27.9 Å². The van der Waals surface area contributed by atoms with Crippen LogP contribution in [0.1, 0.15) is 49.4 Å². The van der Waals surface area contributed by atoms with Gasteiger partial charge in [0, 0.05) is 50.2 Å². The van der Waals surface area contributed by atoms with Crippen LogP contribution < -0.4 is 5.32 Å². The van der Waals surface area contributed by atoms with Crippen LogP contribution in [0.5, 0.6) is 0 Å². The van der Waals surface area contributed by atoms with E-state index in [1.807, 2.05) is 18.5 Å². The molecular weight excluding hydrogens is 290 g/mol. The van der Waals surface area contributed by atoms with Crippen LogP contribution in [-0.2, 0) is 24.2 Å². The van der Waals surface area contributed by atoms with E-state index in [4.69, 9.17) is 4.42 Å². The van der Waals surface area contributed by atoms with Gasteiger partial charge >= 0.3 is 0 Å². The maximum atomic E-state index is 12.2. The normalized spacial score (nSPS) is 25.9. The minimum absolute atomic E-state index is 0.108. The zero-order chi connectivity index (χ0) is 15.8. The van der Waals surface area contributed by atoms with E-state index in [9.17, 15) is 4.79 Å². The number of hydrogen-bond donors (Lipinski definition) is 1. The molecule has 5 nitrogen and oxygen atoms in total. The Bertz CT molecular complexity index is 703. The molecule has 1 saturated carbocycles. The maximum Gasteiger partial charge on any atom is 0.220 e. The largest absolute Gasteiger partial charge is 0.466 e. The fourth-order valence-electron chi connectivity index (χ4n) is 3.47. The number of aromatic nitrogens is 2. The lowest BCUT2D eigenvalue weighted by molar-refractivity contribution is -0.122. The lowest BCUT2D eigenvalue weighted by Gasteiger charge is -2.24. The number of rotatable bonds is 5. The van der Waals surface area contributed by atoms with Gasteiger partial charge in [0.2, 0.25) is 5.91 Å². The number of nitrogens with zero attached hydrogens (tertiary/aromatic N) is 2. The zero-order valence-electron chi connectivity index (χ0n) is 13.5. The lowest BCUT2D eigenvalue weighted by atomic mass is 10.1. The number of furan rings is 1. The minimum atomic E-state index is 0.108. The van der Waals surface area contributed by atoms with E-state index in [1.54, 1.807) is 0 Å². The summed E-state index contributed by atoms with van der Waals surface area (Å²) in [7, 11) is 0. The Labute approximate surface area is 136 Å². The molecule has 1 N–H and O–H groups in total. The van der Waals surface area contributed by atoms with Gasteiger partial charge in [0.1, 0.15) is 17.3 Å². The van der Waals surface area contributed by atoms with Crippen LogP contribution in [0.2, 0.25) is 0 Å². The first-order chi connectivity index (χ1) is 11.2. The van der Waals surface area contributed by atoms with Crippen molar-refractivity contribution >= 4 is 5.91 Å². The van der Waals surface area contributed by atoms with Crippen molar-refractivity contribution in [1.29, 1.82) is 0 Å². The van der Waals surface area contributed by atoms with Crippen molar-refractivity contribution in [3.8, 4) is 0 Å². The highest BCUT2D eigenvalue weighted by Gasteiger charge is 2.36. The third-order valence-electron chi connectivity index (χ3n) is 5.06. The van der Waals surface area contributed by atoms with Crippen LogP contribution in [0.3, 0.4) is 0 Å². The summed E-state index contributed by atoms with van der Waals surface area (Å²) < 4.78 is 7.99. The fourth-order valence-corrected chi connectivity index (χ4v) is 3.47. The molecule has 2 aliphatic rings. The molecular formula is C18H23N3O2. The van der Waals surface area contributed by atoms with Gasteiger partial charge in [0.15, 0.2) is 0 Å². The highest BCUT2D eigenvalue weighted by Crippen LogP contribution is 2.47. The summed E-state index contributed by atoms with van der Waals surface area (Å²) in [5, 5.41) is 3.14. The number of hydrogen-bond acceptors (Lipinski definition) is 3. The summed E-state index contributed by atoms with van der Waals surface area (Å²) in [6.45, 7) is 3.07. The molecule has 1 fully saturated rings. The van der Waals surface area contributed by atoms with E-state index in [0.29, 0.717) is 18.8 Å². The third-order valence-corrected chi connectivity index (χ3v) is 5.06. The number of fused-ring (bicyclic) bond motifs is 1. The SMILES string of the molecule is C[C@@H]1C[C@@H]1c1ccc(CCC(=O)N[C@H]2CCc3nccn3C2)o1. The molecule has 1 aliphatic carbocycles. The van der Waals surface area contributed by atoms with Crippen molar-refractivity contribution < 1.29 is 9.21 Å². The van der Waals surface area contributed by atoms with Gasteiger partial charge in [-0.15, -0.1) is 0 Å². The lowest BCUT2D eigenvalue weighted by Crippen LogP contribution is -2.40. The average molecular weight is 313 g/mol. The van der Waals surface area contributed by atoms with Gasteiger partial charge in [0.25, 0.3) is 0 Å². The van der Waals surface area contributed by atoms with Crippen molar-refractivity contribution in [3.63, 3.8) is 0 Å². The Balaban J connectivity index is 1.25. The number of nitrogens with one attached hydrogen (secondary N) is 1. The van der Waals surface area contributed by atoms with Crippen molar-refractivity contribution in [1.82, 2.24) is 14.9 Å². The molecule has 2 aromatic heterocycles. The van der Waals surface area contributed by atoms with Gasteiger partial charge < -0.3 is 14.3 Å². The third kappa shape index (κ3) is 3.19. The number of aryl methyl sites for hydroxylation is 2. The molecule has 122 valence electrons. The fraction of sp³-hybridized carbons (Fsp3) is 0.556. The van der Waals surface area contributed by atoms with Crippen LogP contribution in [0, 0.1) is 5.92 Å². The van der Waals surface area contributed by atoms with Crippen LogP contribution in [0.15, 0.2) is 28.9 Å². The molecule has 3 atom stereocenters. The molecule has 3 heterocycles. The monoisotopic (exact) mass is 313 g/mol. The minimum Gasteiger partial charge on any atom is -0.466 e. The van der Waals surface area contributed by atoms with Crippen molar-refractivity contribution in [3.05, 3.63) is 41.9 Å². The van der Waals surface area contributed by atoms with Crippen molar-refractivity contribution in [2.24, 2.45) is 5.92 Å². The van der Waals surface area contributed by atoms with Crippen LogP contribution in [0.4, 0.5) is 0 Å². The summed E-state index contributed by atoms with van der Waals surface area (Å²) in [5.74, 6) is 4.59. The summed E-state index contributed by atoms with van der Waals surface area (Å²) in [4.78, 5) is 16.5. The number of carbonyl (C=O) groups excluding carboxylic acids is 1. The molecule has 0 aromatic carbocycles. The highest BCUT2D eigenvalue weighted by molar-refractivity contribution is 5.76. The van der Waals surface area contributed by atoms with Crippen molar-refractivity contribution in [2.45, 2.75) is 57.5 Å². The maximum absolute atomic E-state index is 12.2. The molecule has 5 heteroatoms. The summed E-state index contributed by atoms with van der Waals surface area (Å²) >= 11 is 0. The summed E-state index contributed by atoms with van der Waals surface area (Å²) in [6.07, 6.45) is 8.10. The van der Waals surface area contributed by atoms with E-state index in [1.165, 1.54) is 6.42 Å². The van der Waals surface area contributed by atoms with E-state index in [0.717, 1.165) is 42.6 Å². The van der Waals surface area contributed by atoms with Gasteiger partial charge in [0.05, 0.1) is 0 Å². The molecule has 4 rings (SSSR count). The highest BCUT2D eigenvalue weighted by atomic mass is 16.3. The molecule has 0 spiro atoms. The van der Waals surface area contributed by atoms with E-state index in [-0.39, 0.29) is 11.9 Å². The molecule has 1 amide bonds. The first-order valence-electron chi connectivity index (χ1n) is 8.57. The van der Waals surface area contributed by atoms with Crippen LogP contribution in [-0.4, -0.2) is 21.5 Å². The van der Waals surface area contributed by atoms with E-state index < -0.39 is 0 Å². The number of imidazole rings is 1. The predicted molar refractivity (Wildman–Crippen MR) is 86.0 cm³/mol. The standard InChI is InChI=1S/C18H23N3O2/c1-12-10-15(12)16-5-3-14(23-16)4-7-18(22)20-13-2-6-17-19-8-9-21(17)11-13/h3,5,8-9,12-13,15H,2,4,6-7,10-11H2,1H3,(H,20,22)/t12-,13+,15+/m1/s1. The van der Waals surface area contributed by atoms with E-state index >= 15 is 0 Å². The summed E-state index contributed by atoms with van der Waals surface area (Å²) in [5.41, 5.74) is 0. The molecule has 0 radical (unpaired) electrons. The molecule has 23 heavy (non-hydrogen) atoms. The smallest absolute Gasteiger partial charge is 0.220 e. The van der Waals surface area contributed by atoms with Gasteiger partial charge in [-0.25, -0.2) is 4.98 Å². The second-order valence-electron chi connectivity index (χ2n) is 6.92. The van der Waals surface area contributed by atoms with Gasteiger partial charge in [-0.05, 0) is 30.9 Å². The quantitative estimate of drug-likeness (QED) is 0.923. The Kier molecular flexibility index (Phi) is 3.71. The molecule has 0 unspecified atom stereocenters. The first-order valence-corrected chi connectivity index (χ1v) is 8.57. The first kappa shape index (κ1) is 14.5. The number of carbonyl (C=O) groups is 1.